The van der Waals surface area contributed by atoms with Crippen LogP contribution in [0.25, 0.3) is 11.1 Å². The fourth-order valence-electron chi connectivity index (χ4n) is 1.87. The van der Waals surface area contributed by atoms with Crippen molar-refractivity contribution in [2.75, 3.05) is 7.05 Å². The topological polar surface area (TPSA) is 29.1 Å². The minimum Gasteiger partial charge on any atom is -0.359 e. The van der Waals surface area contributed by atoms with Crippen LogP contribution in [0, 0.1) is 5.82 Å². The van der Waals surface area contributed by atoms with Gasteiger partial charge in [-0.2, -0.15) is 0 Å². The summed E-state index contributed by atoms with van der Waals surface area (Å²) in [7, 11) is 1.60. The zero-order valence-corrected chi connectivity index (χ0v) is 10.1. The molecule has 1 N–H and O–H groups in total. The van der Waals surface area contributed by atoms with Crippen LogP contribution in [0.3, 0.4) is 0 Å². The molecule has 2 aromatic carbocycles. The van der Waals surface area contributed by atoms with E-state index in [9.17, 15) is 9.18 Å². The van der Waals surface area contributed by atoms with Gasteiger partial charge in [0.05, 0.1) is 6.42 Å². The summed E-state index contributed by atoms with van der Waals surface area (Å²) in [6.45, 7) is 0. The lowest BCUT2D eigenvalue weighted by atomic mass is 9.97. The van der Waals surface area contributed by atoms with E-state index in [1.807, 2.05) is 30.3 Å². The smallest absolute Gasteiger partial charge is 0.224 e. The number of nitrogens with one attached hydrogen (secondary N) is 1. The summed E-state index contributed by atoms with van der Waals surface area (Å²) in [5, 5.41) is 2.59. The Labute approximate surface area is 105 Å². The Morgan fingerprint density at radius 2 is 1.94 bits per heavy atom. The summed E-state index contributed by atoms with van der Waals surface area (Å²) >= 11 is 0. The molecule has 0 saturated heterocycles. The number of carbonyl (C=O) groups is 1. The largest absolute Gasteiger partial charge is 0.359 e. The Morgan fingerprint density at radius 3 is 2.67 bits per heavy atom. The highest BCUT2D eigenvalue weighted by atomic mass is 19.1. The summed E-state index contributed by atoms with van der Waals surface area (Å²) in [5.74, 6) is -0.332. The zero-order valence-electron chi connectivity index (χ0n) is 10.1. The van der Waals surface area contributed by atoms with Crippen molar-refractivity contribution in [2.45, 2.75) is 6.42 Å². The van der Waals surface area contributed by atoms with Crippen molar-refractivity contribution < 1.29 is 9.18 Å². The first-order valence-electron chi connectivity index (χ1n) is 5.75. The van der Waals surface area contributed by atoms with Crippen molar-refractivity contribution >= 4 is 5.91 Å². The third-order valence-electron chi connectivity index (χ3n) is 2.78. The minimum atomic E-state index is -0.276. The molecule has 0 aromatic heterocycles. The van der Waals surface area contributed by atoms with Crippen LogP contribution in [-0.2, 0) is 11.2 Å². The Balaban J connectivity index is 2.41. The van der Waals surface area contributed by atoms with Crippen molar-refractivity contribution in [1.82, 2.24) is 5.32 Å². The number of carbonyl (C=O) groups excluding carboxylic acids is 1. The number of amides is 1. The summed E-state index contributed by atoms with van der Waals surface area (Å²) in [4.78, 5) is 11.4. The maximum absolute atomic E-state index is 13.2. The molecule has 92 valence electrons. The third-order valence-corrected chi connectivity index (χ3v) is 2.78. The normalized spacial score (nSPS) is 10.1. The van der Waals surface area contributed by atoms with Crippen LogP contribution in [0.2, 0.25) is 0 Å². The molecular weight excluding hydrogens is 229 g/mol. The second-order valence-electron chi connectivity index (χ2n) is 4.02. The van der Waals surface area contributed by atoms with Crippen LogP contribution in [-0.4, -0.2) is 13.0 Å². The molecule has 0 saturated carbocycles. The average molecular weight is 243 g/mol. The van der Waals surface area contributed by atoms with E-state index in [2.05, 4.69) is 5.32 Å². The molecule has 2 aromatic rings. The molecule has 0 aliphatic carbocycles. The monoisotopic (exact) mass is 243 g/mol. The van der Waals surface area contributed by atoms with Crippen molar-refractivity contribution in [3.63, 3.8) is 0 Å². The quantitative estimate of drug-likeness (QED) is 0.882. The molecule has 0 fully saturated rings. The summed E-state index contributed by atoms with van der Waals surface area (Å²) < 4.78 is 13.2. The number of likely N-dealkylation sites (N-methyl/N-ethyl adjacent to an activating group) is 1. The molecule has 0 heterocycles. The van der Waals surface area contributed by atoms with Crippen LogP contribution < -0.4 is 5.32 Å². The molecule has 0 radical (unpaired) electrons. The molecule has 0 bridgehead atoms. The van der Waals surface area contributed by atoms with E-state index in [-0.39, 0.29) is 11.7 Å². The molecule has 1 amide bonds. The van der Waals surface area contributed by atoms with Crippen LogP contribution >= 0.6 is 0 Å². The molecule has 2 rings (SSSR count). The number of rotatable bonds is 3. The molecule has 18 heavy (non-hydrogen) atoms. The van der Waals surface area contributed by atoms with E-state index in [0.29, 0.717) is 6.42 Å². The molecule has 0 atom stereocenters. The molecule has 3 heteroatoms. The lowest BCUT2D eigenvalue weighted by Gasteiger charge is -2.09. The first kappa shape index (κ1) is 12.3. The predicted molar refractivity (Wildman–Crippen MR) is 69.6 cm³/mol. The fraction of sp³-hybridized carbons (Fsp3) is 0.133. The van der Waals surface area contributed by atoms with Crippen LogP contribution in [0.15, 0.2) is 48.5 Å². The van der Waals surface area contributed by atoms with Gasteiger partial charge in [-0.25, -0.2) is 4.39 Å². The Bertz CT molecular complexity index is 566. The van der Waals surface area contributed by atoms with Gasteiger partial charge in [-0.3, -0.25) is 4.79 Å². The maximum atomic E-state index is 13.2. The van der Waals surface area contributed by atoms with Gasteiger partial charge < -0.3 is 5.32 Å². The van der Waals surface area contributed by atoms with E-state index in [0.717, 1.165) is 16.7 Å². The van der Waals surface area contributed by atoms with Gasteiger partial charge in [-0.05, 0) is 28.8 Å². The van der Waals surface area contributed by atoms with Crippen molar-refractivity contribution in [3.8, 4) is 11.1 Å². The van der Waals surface area contributed by atoms with Crippen molar-refractivity contribution in [2.24, 2.45) is 0 Å². The van der Waals surface area contributed by atoms with Gasteiger partial charge >= 0.3 is 0 Å². The second kappa shape index (κ2) is 5.45. The predicted octanol–water partition coefficient (Wildman–Crippen LogP) is 2.78. The van der Waals surface area contributed by atoms with Gasteiger partial charge in [-0.15, -0.1) is 0 Å². The van der Waals surface area contributed by atoms with E-state index in [4.69, 9.17) is 0 Å². The minimum absolute atomic E-state index is 0.0566. The van der Waals surface area contributed by atoms with E-state index in [1.54, 1.807) is 13.1 Å². The van der Waals surface area contributed by atoms with Crippen LogP contribution in [0.1, 0.15) is 5.56 Å². The number of hydrogen-bond acceptors (Lipinski definition) is 1. The fourth-order valence-corrected chi connectivity index (χ4v) is 1.87. The molecule has 0 aliphatic rings. The van der Waals surface area contributed by atoms with Gasteiger partial charge in [0, 0.05) is 7.05 Å². The Kier molecular flexibility index (Phi) is 3.72. The lowest BCUT2D eigenvalue weighted by Crippen LogP contribution is -2.20. The molecule has 2 nitrogen and oxygen atoms in total. The highest BCUT2D eigenvalue weighted by Crippen LogP contribution is 2.24. The summed E-state index contributed by atoms with van der Waals surface area (Å²) in [6, 6.07) is 13.9. The molecule has 0 unspecified atom stereocenters. The van der Waals surface area contributed by atoms with Gasteiger partial charge in [0.25, 0.3) is 0 Å². The maximum Gasteiger partial charge on any atom is 0.224 e. The average Bonchev–Trinajstić information content (AvgIpc) is 2.39. The van der Waals surface area contributed by atoms with E-state index in [1.165, 1.54) is 12.1 Å². The third kappa shape index (κ3) is 2.74. The number of hydrogen-bond donors (Lipinski definition) is 1. The second-order valence-corrected chi connectivity index (χ2v) is 4.02. The molecule has 0 spiro atoms. The first-order valence-corrected chi connectivity index (χ1v) is 5.75. The van der Waals surface area contributed by atoms with E-state index >= 15 is 0 Å². The van der Waals surface area contributed by atoms with Gasteiger partial charge in [0.1, 0.15) is 5.82 Å². The van der Waals surface area contributed by atoms with E-state index < -0.39 is 0 Å². The summed E-state index contributed by atoms with van der Waals surface area (Å²) in [6.07, 6.45) is 0.295. The van der Waals surface area contributed by atoms with Gasteiger partial charge in [-0.1, -0.05) is 36.4 Å². The van der Waals surface area contributed by atoms with Crippen LogP contribution in [0.4, 0.5) is 4.39 Å². The number of benzene rings is 2. The highest BCUT2D eigenvalue weighted by molar-refractivity contribution is 5.81. The first-order chi connectivity index (χ1) is 8.70. The number of halogens is 1. The highest BCUT2D eigenvalue weighted by Gasteiger charge is 2.08. The lowest BCUT2D eigenvalue weighted by molar-refractivity contribution is -0.119. The Morgan fingerprint density at radius 1 is 1.17 bits per heavy atom. The van der Waals surface area contributed by atoms with Crippen molar-refractivity contribution in [1.29, 1.82) is 0 Å². The van der Waals surface area contributed by atoms with Crippen molar-refractivity contribution in [3.05, 3.63) is 59.9 Å². The van der Waals surface area contributed by atoms with Gasteiger partial charge in [0.2, 0.25) is 5.91 Å². The Hall–Kier alpha value is -2.16. The molecular formula is C15H14FNO. The van der Waals surface area contributed by atoms with Crippen LogP contribution in [0.5, 0.6) is 0 Å². The molecule has 0 aliphatic heterocycles. The van der Waals surface area contributed by atoms with Gasteiger partial charge in [0.15, 0.2) is 0 Å². The SMILES string of the molecule is CNC(=O)Cc1ccccc1-c1cccc(F)c1. The standard InChI is InChI=1S/C15H14FNO/c1-17-15(18)10-12-5-2-3-8-14(12)11-6-4-7-13(16)9-11/h2-9H,10H2,1H3,(H,17,18). The summed E-state index contributed by atoms with van der Waals surface area (Å²) in [5.41, 5.74) is 2.57. The zero-order chi connectivity index (χ0) is 13.0.